The maximum atomic E-state index is 12.9. The van der Waals surface area contributed by atoms with E-state index in [4.69, 9.17) is 0 Å². The summed E-state index contributed by atoms with van der Waals surface area (Å²) in [5, 5.41) is 8.34. The normalized spacial score (nSPS) is 10.3. The lowest BCUT2D eigenvalue weighted by molar-refractivity contribution is 0.0909. The molecule has 0 atom stereocenters. The van der Waals surface area contributed by atoms with E-state index in [1.54, 1.807) is 12.1 Å². The molecule has 0 radical (unpaired) electrons. The number of halogens is 1. The summed E-state index contributed by atoms with van der Waals surface area (Å²) < 4.78 is 12.9. The van der Waals surface area contributed by atoms with Crippen molar-refractivity contribution in [3.8, 4) is 0 Å². The Morgan fingerprint density at radius 2 is 1.56 bits per heavy atom. The van der Waals surface area contributed by atoms with Crippen molar-refractivity contribution in [2.24, 2.45) is 0 Å². The highest BCUT2D eigenvalue weighted by molar-refractivity contribution is 6.04. The van der Waals surface area contributed by atoms with E-state index in [1.807, 2.05) is 7.05 Å². The lowest BCUT2D eigenvalue weighted by atomic mass is 10.2. The Bertz CT molecular complexity index is 721. The number of aromatic nitrogens is 2. The zero-order chi connectivity index (χ0) is 18.1. The Labute approximate surface area is 145 Å². The molecule has 0 spiro atoms. The van der Waals surface area contributed by atoms with Crippen LogP contribution < -0.4 is 16.0 Å². The van der Waals surface area contributed by atoms with Crippen molar-refractivity contribution in [1.82, 2.24) is 25.9 Å². The van der Waals surface area contributed by atoms with Gasteiger partial charge in [0.05, 0.1) is 0 Å². The molecule has 0 saturated carbocycles. The predicted molar refractivity (Wildman–Crippen MR) is 90.5 cm³/mol. The number of hydrogen-bond acceptors (Lipinski definition) is 5. The molecule has 2 amide bonds. The van der Waals surface area contributed by atoms with Gasteiger partial charge in [0.2, 0.25) is 0 Å². The second kappa shape index (κ2) is 9.43. The average molecular weight is 345 g/mol. The fourth-order valence-corrected chi connectivity index (χ4v) is 2.09. The smallest absolute Gasteiger partial charge is 0.272 e. The Balaban J connectivity index is 1.99. The lowest BCUT2D eigenvalue weighted by Crippen LogP contribution is -2.32. The number of carbonyl (C=O) groups excluding carboxylic acids is 2. The van der Waals surface area contributed by atoms with E-state index in [9.17, 15) is 14.0 Å². The van der Waals surface area contributed by atoms with Crippen molar-refractivity contribution in [2.45, 2.75) is 13.0 Å². The van der Waals surface area contributed by atoms with Crippen LogP contribution in [0.4, 0.5) is 4.39 Å². The molecular formula is C17H20FN5O2. The van der Waals surface area contributed by atoms with E-state index in [1.165, 1.54) is 24.5 Å². The number of nitrogens with one attached hydrogen (secondary N) is 3. The summed E-state index contributed by atoms with van der Waals surface area (Å²) in [5.74, 6) is -1.31. The van der Waals surface area contributed by atoms with Gasteiger partial charge in [0.1, 0.15) is 5.82 Å². The van der Waals surface area contributed by atoms with Crippen LogP contribution in [-0.4, -0.2) is 41.9 Å². The van der Waals surface area contributed by atoms with Gasteiger partial charge >= 0.3 is 0 Å². The fraction of sp³-hybridized carbons (Fsp3) is 0.294. The van der Waals surface area contributed by atoms with Gasteiger partial charge in [0.25, 0.3) is 11.8 Å². The van der Waals surface area contributed by atoms with Crippen molar-refractivity contribution in [2.75, 3.05) is 20.1 Å². The van der Waals surface area contributed by atoms with Crippen LogP contribution in [0.3, 0.4) is 0 Å². The highest BCUT2D eigenvalue weighted by atomic mass is 19.1. The average Bonchev–Trinajstić information content (AvgIpc) is 2.64. The van der Waals surface area contributed by atoms with Gasteiger partial charge < -0.3 is 16.0 Å². The summed E-state index contributed by atoms with van der Waals surface area (Å²) in [7, 11) is 1.83. The van der Waals surface area contributed by atoms with Gasteiger partial charge in [-0.05, 0) is 37.7 Å². The summed E-state index contributed by atoms with van der Waals surface area (Å²) in [6.07, 6.45) is 3.47. The molecule has 0 aliphatic heterocycles. The summed E-state index contributed by atoms with van der Waals surface area (Å²) in [5.41, 5.74) is 0.663. The molecule has 0 saturated heterocycles. The van der Waals surface area contributed by atoms with Gasteiger partial charge in [0, 0.05) is 25.5 Å². The number of rotatable bonds is 8. The van der Waals surface area contributed by atoms with Gasteiger partial charge in [0.15, 0.2) is 11.4 Å². The van der Waals surface area contributed by atoms with Gasteiger partial charge in [-0.15, -0.1) is 0 Å². The van der Waals surface area contributed by atoms with Crippen LogP contribution in [0.15, 0.2) is 36.7 Å². The Kier molecular flexibility index (Phi) is 6.97. The number of benzene rings is 1. The van der Waals surface area contributed by atoms with Crippen LogP contribution in [0.25, 0.3) is 0 Å². The zero-order valence-electron chi connectivity index (χ0n) is 13.9. The lowest BCUT2D eigenvalue weighted by Gasteiger charge is -2.09. The van der Waals surface area contributed by atoms with Gasteiger partial charge in [-0.2, -0.15) is 0 Å². The second-order valence-electron chi connectivity index (χ2n) is 5.28. The molecule has 0 aliphatic rings. The van der Waals surface area contributed by atoms with E-state index < -0.39 is 11.8 Å². The number of hydrogen-bond donors (Lipinski definition) is 3. The molecule has 0 aliphatic carbocycles. The minimum atomic E-state index is -0.516. The first-order valence-electron chi connectivity index (χ1n) is 7.88. The van der Waals surface area contributed by atoms with Gasteiger partial charge in [-0.25, -0.2) is 14.4 Å². The third-order valence-corrected chi connectivity index (χ3v) is 3.38. The van der Waals surface area contributed by atoms with Crippen molar-refractivity contribution in [3.63, 3.8) is 0 Å². The molecule has 1 heterocycles. The second-order valence-corrected chi connectivity index (χ2v) is 5.28. The third-order valence-electron chi connectivity index (χ3n) is 3.38. The van der Waals surface area contributed by atoms with Gasteiger partial charge in [-0.1, -0.05) is 12.1 Å². The molecule has 25 heavy (non-hydrogen) atoms. The first-order chi connectivity index (χ1) is 12.1. The number of carbonyl (C=O) groups is 2. The summed E-state index contributed by atoms with van der Waals surface area (Å²) in [4.78, 5) is 32.4. The Morgan fingerprint density at radius 1 is 0.960 bits per heavy atom. The summed E-state index contributed by atoms with van der Waals surface area (Å²) >= 11 is 0. The van der Waals surface area contributed by atoms with Crippen molar-refractivity contribution < 1.29 is 14.0 Å². The first-order valence-corrected chi connectivity index (χ1v) is 7.88. The minimum absolute atomic E-state index is 0.0245. The monoisotopic (exact) mass is 345 g/mol. The van der Waals surface area contributed by atoms with Gasteiger partial charge in [-0.3, -0.25) is 9.59 Å². The molecule has 0 fully saturated rings. The standard InChI is InChI=1S/C17H20FN5O2/c1-19-7-2-8-22-16(24)14-15(21-10-9-20-14)17(25)23-11-12-3-5-13(18)6-4-12/h3-6,9-10,19H,2,7-8,11H2,1H3,(H,22,24)(H,23,25). The summed E-state index contributed by atoms with van der Waals surface area (Å²) in [6, 6.07) is 5.77. The number of amides is 2. The molecule has 1 aromatic heterocycles. The molecule has 0 unspecified atom stereocenters. The van der Waals surface area contributed by atoms with Crippen LogP contribution >= 0.6 is 0 Å². The molecular weight excluding hydrogens is 325 g/mol. The molecule has 2 rings (SSSR count). The molecule has 3 N–H and O–H groups in total. The Morgan fingerprint density at radius 3 is 2.16 bits per heavy atom. The van der Waals surface area contributed by atoms with Crippen LogP contribution in [-0.2, 0) is 6.54 Å². The molecule has 132 valence electrons. The molecule has 7 nitrogen and oxygen atoms in total. The molecule has 8 heteroatoms. The maximum absolute atomic E-state index is 12.9. The topological polar surface area (TPSA) is 96.0 Å². The zero-order valence-corrected chi connectivity index (χ0v) is 13.9. The number of nitrogens with zero attached hydrogens (tertiary/aromatic N) is 2. The van der Waals surface area contributed by atoms with Crippen molar-refractivity contribution >= 4 is 11.8 Å². The maximum Gasteiger partial charge on any atom is 0.272 e. The van der Waals surface area contributed by atoms with E-state index in [0.717, 1.165) is 18.5 Å². The fourth-order valence-electron chi connectivity index (χ4n) is 2.09. The largest absolute Gasteiger partial charge is 0.351 e. The molecule has 2 aromatic rings. The van der Waals surface area contributed by atoms with E-state index >= 15 is 0 Å². The minimum Gasteiger partial charge on any atom is -0.351 e. The van der Waals surface area contributed by atoms with E-state index in [2.05, 4.69) is 25.9 Å². The van der Waals surface area contributed by atoms with Crippen LogP contribution in [0.2, 0.25) is 0 Å². The predicted octanol–water partition coefficient (Wildman–Crippen LogP) is 0.885. The molecule has 0 bridgehead atoms. The third kappa shape index (κ3) is 5.61. The quantitative estimate of drug-likeness (QED) is 0.618. The summed E-state index contributed by atoms with van der Waals surface area (Å²) in [6.45, 7) is 1.43. The highest BCUT2D eigenvalue weighted by Crippen LogP contribution is 2.05. The Hall–Kier alpha value is -2.87. The van der Waals surface area contributed by atoms with E-state index in [0.29, 0.717) is 6.54 Å². The van der Waals surface area contributed by atoms with Crippen molar-refractivity contribution in [3.05, 3.63) is 59.4 Å². The van der Waals surface area contributed by atoms with E-state index in [-0.39, 0.29) is 23.7 Å². The van der Waals surface area contributed by atoms with Crippen LogP contribution in [0.5, 0.6) is 0 Å². The van der Waals surface area contributed by atoms with Crippen LogP contribution in [0, 0.1) is 5.82 Å². The van der Waals surface area contributed by atoms with Crippen LogP contribution in [0.1, 0.15) is 33.0 Å². The van der Waals surface area contributed by atoms with Crippen molar-refractivity contribution in [1.29, 1.82) is 0 Å². The highest BCUT2D eigenvalue weighted by Gasteiger charge is 2.19. The molecule has 1 aromatic carbocycles. The SMILES string of the molecule is CNCCCNC(=O)c1nccnc1C(=O)NCc1ccc(F)cc1. The first kappa shape index (κ1) is 18.5.